The van der Waals surface area contributed by atoms with E-state index in [4.69, 9.17) is 23.2 Å². The Kier molecular flexibility index (Phi) is 4.52. The predicted molar refractivity (Wildman–Crippen MR) is 62.5 cm³/mol. The molecule has 80 valence electrons. The molecule has 1 aromatic rings. The van der Waals surface area contributed by atoms with Gasteiger partial charge in [-0.05, 0) is 23.2 Å². The minimum Gasteiger partial charge on any atom is -0.333 e. The van der Waals surface area contributed by atoms with Crippen molar-refractivity contribution in [3.63, 3.8) is 0 Å². The quantitative estimate of drug-likeness (QED) is 0.747. The molecule has 0 saturated heterocycles. The van der Waals surface area contributed by atoms with E-state index in [-0.39, 0.29) is 10.6 Å². The molecule has 4 nitrogen and oxygen atoms in total. The predicted octanol–water partition coefficient (Wildman–Crippen LogP) is 2.36. The number of halogens is 2. The van der Waals surface area contributed by atoms with Crippen LogP contribution in [0.2, 0.25) is 10.6 Å². The highest BCUT2D eigenvalue weighted by Gasteiger charge is 2.09. The van der Waals surface area contributed by atoms with Crippen LogP contribution in [-0.4, -0.2) is 28.0 Å². The van der Waals surface area contributed by atoms with Crippen molar-refractivity contribution in [1.82, 2.24) is 15.0 Å². The third kappa shape index (κ3) is 3.49. The van der Waals surface area contributed by atoms with Crippen LogP contribution in [0, 0.1) is 0 Å². The second-order valence-electron chi connectivity index (χ2n) is 2.66. The molecule has 0 aliphatic carbocycles. The van der Waals surface area contributed by atoms with Crippen LogP contribution in [0.5, 0.6) is 0 Å². The second kappa shape index (κ2) is 5.68. The molecule has 0 fully saturated rings. The number of hydrogen-bond acceptors (Lipinski definition) is 4. The maximum atomic E-state index is 5.67. The molecule has 15 heavy (non-hydrogen) atoms. The van der Waals surface area contributed by atoms with Gasteiger partial charge in [-0.25, -0.2) is 0 Å². The number of rotatable bonds is 5. The van der Waals surface area contributed by atoms with Crippen LogP contribution < -0.4 is 4.90 Å². The average molecular weight is 245 g/mol. The lowest BCUT2D eigenvalue weighted by molar-refractivity contribution is 0.872. The Morgan fingerprint density at radius 3 is 1.87 bits per heavy atom. The van der Waals surface area contributed by atoms with E-state index >= 15 is 0 Å². The van der Waals surface area contributed by atoms with Crippen molar-refractivity contribution in [3.05, 3.63) is 35.9 Å². The SMILES string of the molecule is C=CCN(CC=C)c1nc(Cl)nc(Cl)n1. The highest BCUT2D eigenvalue weighted by Crippen LogP contribution is 2.13. The van der Waals surface area contributed by atoms with Crippen molar-refractivity contribution in [3.8, 4) is 0 Å². The molecule has 0 atom stereocenters. The van der Waals surface area contributed by atoms with E-state index in [1.54, 1.807) is 12.2 Å². The topological polar surface area (TPSA) is 41.9 Å². The summed E-state index contributed by atoms with van der Waals surface area (Å²) in [4.78, 5) is 13.4. The zero-order valence-electron chi connectivity index (χ0n) is 8.03. The number of nitrogens with zero attached hydrogens (tertiary/aromatic N) is 4. The Hall–Kier alpha value is -1.13. The van der Waals surface area contributed by atoms with Crippen LogP contribution in [0.4, 0.5) is 5.95 Å². The van der Waals surface area contributed by atoms with Gasteiger partial charge in [0.2, 0.25) is 16.5 Å². The summed E-state index contributed by atoms with van der Waals surface area (Å²) in [6.45, 7) is 8.45. The maximum absolute atomic E-state index is 5.67. The largest absolute Gasteiger partial charge is 0.333 e. The Labute approximate surface area is 98.3 Å². The lowest BCUT2D eigenvalue weighted by atomic mass is 10.5. The molecule has 0 aromatic carbocycles. The van der Waals surface area contributed by atoms with Gasteiger partial charge in [0.1, 0.15) is 0 Å². The number of aromatic nitrogens is 3. The molecular weight excluding hydrogens is 235 g/mol. The van der Waals surface area contributed by atoms with E-state index in [0.717, 1.165) is 0 Å². The zero-order chi connectivity index (χ0) is 11.3. The van der Waals surface area contributed by atoms with Crippen LogP contribution >= 0.6 is 23.2 Å². The van der Waals surface area contributed by atoms with E-state index in [1.807, 2.05) is 4.90 Å². The van der Waals surface area contributed by atoms with E-state index in [0.29, 0.717) is 19.0 Å². The third-order valence-corrected chi connectivity index (χ3v) is 1.89. The van der Waals surface area contributed by atoms with Crippen LogP contribution in [0.3, 0.4) is 0 Å². The van der Waals surface area contributed by atoms with Gasteiger partial charge in [0.15, 0.2) is 0 Å². The molecule has 0 aliphatic rings. The van der Waals surface area contributed by atoms with Gasteiger partial charge >= 0.3 is 0 Å². The monoisotopic (exact) mass is 244 g/mol. The van der Waals surface area contributed by atoms with Crippen LogP contribution in [0.25, 0.3) is 0 Å². The Morgan fingerprint density at radius 2 is 1.47 bits per heavy atom. The lowest BCUT2D eigenvalue weighted by Gasteiger charge is -2.18. The summed E-state index contributed by atoms with van der Waals surface area (Å²) in [5.74, 6) is 0.416. The molecule has 6 heteroatoms. The van der Waals surface area contributed by atoms with Crippen molar-refractivity contribution in [2.45, 2.75) is 0 Å². The summed E-state index contributed by atoms with van der Waals surface area (Å²) in [5.41, 5.74) is 0. The molecule has 0 radical (unpaired) electrons. The Balaban J connectivity index is 2.98. The molecule has 0 bridgehead atoms. The fourth-order valence-corrected chi connectivity index (χ4v) is 1.36. The Morgan fingerprint density at radius 1 is 1.00 bits per heavy atom. The summed E-state index contributed by atoms with van der Waals surface area (Å²) in [6, 6.07) is 0. The molecule has 0 spiro atoms. The van der Waals surface area contributed by atoms with Crippen molar-refractivity contribution in [1.29, 1.82) is 0 Å². The van der Waals surface area contributed by atoms with Crippen molar-refractivity contribution in [2.24, 2.45) is 0 Å². The normalized spacial score (nSPS) is 9.73. The molecule has 1 heterocycles. The molecule has 1 rings (SSSR count). The van der Waals surface area contributed by atoms with Gasteiger partial charge in [-0.15, -0.1) is 13.2 Å². The highest BCUT2D eigenvalue weighted by molar-refractivity contribution is 6.31. The summed E-state index contributed by atoms with van der Waals surface area (Å²) in [6.07, 6.45) is 3.46. The van der Waals surface area contributed by atoms with Gasteiger partial charge in [0, 0.05) is 13.1 Å². The third-order valence-electron chi connectivity index (χ3n) is 1.55. The van der Waals surface area contributed by atoms with Gasteiger partial charge in [-0.2, -0.15) is 15.0 Å². The minimum absolute atomic E-state index is 0.0723. The summed E-state index contributed by atoms with van der Waals surface area (Å²) < 4.78 is 0. The van der Waals surface area contributed by atoms with Crippen LogP contribution in [0.15, 0.2) is 25.3 Å². The minimum atomic E-state index is 0.0723. The molecule has 0 amide bonds. The van der Waals surface area contributed by atoms with Gasteiger partial charge in [-0.1, -0.05) is 12.2 Å². The molecule has 0 N–H and O–H groups in total. The first-order chi connectivity index (χ1) is 7.17. The van der Waals surface area contributed by atoms with E-state index in [2.05, 4.69) is 28.1 Å². The molecule has 0 aliphatic heterocycles. The van der Waals surface area contributed by atoms with Crippen molar-refractivity contribution in [2.75, 3.05) is 18.0 Å². The molecule has 0 saturated carbocycles. The van der Waals surface area contributed by atoms with Crippen LogP contribution in [-0.2, 0) is 0 Å². The lowest BCUT2D eigenvalue weighted by Crippen LogP contribution is -2.25. The zero-order valence-corrected chi connectivity index (χ0v) is 9.54. The molecule has 1 aromatic heterocycles. The number of anilines is 1. The van der Waals surface area contributed by atoms with Gasteiger partial charge in [-0.3, -0.25) is 0 Å². The fraction of sp³-hybridized carbons (Fsp3) is 0.222. The van der Waals surface area contributed by atoms with Gasteiger partial charge in [0.25, 0.3) is 0 Å². The van der Waals surface area contributed by atoms with Crippen LogP contribution in [0.1, 0.15) is 0 Å². The number of hydrogen-bond donors (Lipinski definition) is 0. The highest BCUT2D eigenvalue weighted by atomic mass is 35.5. The fourth-order valence-electron chi connectivity index (χ4n) is 1.01. The van der Waals surface area contributed by atoms with E-state index in [9.17, 15) is 0 Å². The maximum Gasteiger partial charge on any atom is 0.231 e. The molecular formula is C9H10Cl2N4. The van der Waals surface area contributed by atoms with Gasteiger partial charge < -0.3 is 4.90 Å². The first-order valence-electron chi connectivity index (χ1n) is 4.21. The smallest absolute Gasteiger partial charge is 0.231 e. The summed E-state index contributed by atoms with van der Waals surface area (Å²) >= 11 is 11.3. The Bertz CT molecular complexity index is 337. The second-order valence-corrected chi connectivity index (χ2v) is 3.33. The van der Waals surface area contributed by atoms with E-state index in [1.165, 1.54) is 0 Å². The standard InChI is InChI=1S/C9H10Cl2N4/c1-3-5-15(6-4-2)9-13-7(10)12-8(11)14-9/h3-4H,1-2,5-6H2. The van der Waals surface area contributed by atoms with Crippen molar-refractivity contribution >= 4 is 29.2 Å². The van der Waals surface area contributed by atoms with Gasteiger partial charge in [0.05, 0.1) is 0 Å². The summed E-state index contributed by atoms with van der Waals surface area (Å²) in [5, 5.41) is 0.145. The average Bonchev–Trinajstić information content (AvgIpc) is 2.16. The van der Waals surface area contributed by atoms with E-state index < -0.39 is 0 Å². The first-order valence-corrected chi connectivity index (χ1v) is 4.96. The first kappa shape index (κ1) is 11.9. The summed E-state index contributed by atoms with van der Waals surface area (Å²) in [7, 11) is 0. The molecule has 0 unspecified atom stereocenters. The van der Waals surface area contributed by atoms with Crippen molar-refractivity contribution < 1.29 is 0 Å².